The number of aryl methyl sites for hydroxylation is 1. The van der Waals surface area contributed by atoms with E-state index in [1.165, 1.54) is 19.2 Å². The first-order valence-corrected chi connectivity index (χ1v) is 9.48. The molecular formula is C16H15BrClNO4S. The Hall–Kier alpha value is -1.57. The van der Waals surface area contributed by atoms with Crippen molar-refractivity contribution < 1.29 is 17.9 Å². The Kier molecular flexibility index (Phi) is 5.90. The van der Waals surface area contributed by atoms with Crippen LogP contribution in [0.4, 0.5) is 5.69 Å². The quantitative estimate of drug-likeness (QED) is 0.675. The zero-order valence-electron chi connectivity index (χ0n) is 13.0. The van der Waals surface area contributed by atoms with Gasteiger partial charge in [0, 0.05) is 9.50 Å². The second-order valence-electron chi connectivity index (χ2n) is 4.97. The second kappa shape index (κ2) is 7.55. The standard InChI is InChI=1S/C16H15BrClNO4S/c1-11-9-13(18)5-8-15(11)19(10-16(20)23-2)24(21,22)14-6-3-12(17)4-7-14/h3-9H,10H2,1-2H3. The van der Waals surface area contributed by atoms with Gasteiger partial charge in [-0.3, -0.25) is 9.10 Å². The predicted molar refractivity (Wildman–Crippen MR) is 96.9 cm³/mol. The summed E-state index contributed by atoms with van der Waals surface area (Å²) >= 11 is 9.21. The van der Waals surface area contributed by atoms with Crippen LogP contribution in [-0.2, 0) is 19.6 Å². The van der Waals surface area contributed by atoms with Crippen molar-refractivity contribution in [3.05, 3.63) is 57.5 Å². The van der Waals surface area contributed by atoms with Gasteiger partial charge in [0.15, 0.2) is 0 Å². The zero-order chi connectivity index (χ0) is 17.9. The smallest absolute Gasteiger partial charge is 0.326 e. The Morgan fingerprint density at radius 1 is 1.21 bits per heavy atom. The van der Waals surface area contributed by atoms with Gasteiger partial charge in [0.1, 0.15) is 6.54 Å². The lowest BCUT2D eigenvalue weighted by atomic mass is 10.2. The fourth-order valence-electron chi connectivity index (χ4n) is 2.11. The van der Waals surface area contributed by atoms with Crippen LogP contribution in [0, 0.1) is 6.92 Å². The molecule has 0 unspecified atom stereocenters. The molecule has 8 heteroatoms. The molecule has 0 radical (unpaired) electrons. The highest BCUT2D eigenvalue weighted by Crippen LogP contribution is 2.29. The van der Waals surface area contributed by atoms with Crippen LogP contribution in [0.1, 0.15) is 5.56 Å². The molecule has 24 heavy (non-hydrogen) atoms. The van der Waals surface area contributed by atoms with Gasteiger partial charge in [-0.25, -0.2) is 8.42 Å². The average Bonchev–Trinajstić information content (AvgIpc) is 2.53. The molecule has 2 aromatic carbocycles. The Morgan fingerprint density at radius 2 is 1.83 bits per heavy atom. The number of esters is 1. The zero-order valence-corrected chi connectivity index (χ0v) is 16.2. The van der Waals surface area contributed by atoms with E-state index in [1.54, 1.807) is 37.3 Å². The van der Waals surface area contributed by atoms with Gasteiger partial charge in [0.25, 0.3) is 10.0 Å². The first kappa shape index (κ1) is 18.8. The van der Waals surface area contributed by atoms with Crippen LogP contribution in [0.25, 0.3) is 0 Å². The third-order valence-electron chi connectivity index (χ3n) is 3.33. The van der Waals surface area contributed by atoms with E-state index in [9.17, 15) is 13.2 Å². The fraction of sp³-hybridized carbons (Fsp3) is 0.188. The van der Waals surface area contributed by atoms with E-state index in [1.807, 2.05) is 0 Å². The fourth-order valence-corrected chi connectivity index (χ4v) is 4.08. The first-order chi connectivity index (χ1) is 11.3. The van der Waals surface area contributed by atoms with E-state index in [4.69, 9.17) is 11.6 Å². The lowest BCUT2D eigenvalue weighted by molar-refractivity contribution is -0.138. The number of carbonyl (C=O) groups excluding carboxylic acids is 1. The molecule has 0 heterocycles. The molecule has 5 nitrogen and oxygen atoms in total. The lowest BCUT2D eigenvalue weighted by Gasteiger charge is -2.25. The molecule has 0 bridgehead atoms. The minimum Gasteiger partial charge on any atom is -0.468 e. The van der Waals surface area contributed by atoms with Gasteiger partial charge in [-0.2, -0.15) is 0 Å². The van der Waals surface area contributed by atoms with Gasteiger partial charge in [0.05, 0.1) is 17.7 Å². The Morgan fingerprint density at radius 3 is 2.38 bits per heavy atom. The number of anilines is 1. The SMILES string of the molecule is COC(=O)CN(c1ccc(Cl)cc1C)S(=O)(=O)c1ccc(Br)cc1. The van der Waals surface area contributed by atoms with Gasteiger partial charge in [-0.15, -0.1) is 0 Å². The van der Waals surface area contributed by atoms with Gasteiger partial charge in [-0.05, 0) is 55.0 Å². The average molecular weight is 433 g/mol. The van der Waals surface area contributed by atoms with Gasteiger partial charge >= 0.3 is 5.97 Å². The van der Waals surface area contributed by atoms with Crippen molar-refractivity contribution in [1.82, 2.24) is 0 Å². The highest BCUT2D eigenvalue weighted by molar-refractivity contribution is 9.10. The van der Waals surface area contributed by atoms with Crippen LogP contribution in [0.3, 0.4) is 0 Å². The number of methoxy groups -OCH3 is 1. The number of hydrogen-bond donors (Lipinski definition) is 0. The van der Waals surface area contributed by atoms with Crippen LogP contribution in [0.2, 0.25) is 5.02 Å². The molecule has 0 fully saturated rings. The summed E-state index contributed by atoms with van der Waals surface area (Å²) in [5, 5.41) is 0.482. The number of carbonyl (C=O) groups is 1. The van der Waals surface area contributed by atoms with Gasteiger partial charge in [-0.1, -0.05) is 27.5 Å². The maximum atomic E-state index is 13.0. The van der Waals surface area contributed by atoms with Crippen molar-refractivity contribution in [2.24, 2.45) is 0 Å². The van der Waals surface area contributed by atoms with Crippen LogP contribution in [-0.4, -0.2) is 28.0 Å². The number of ether oxygens (including phenoxy) is 1. The Balaban J connectivity index is 2.57. The molecule has 0 spiro atoms. The Labute approximate surface area is 154 Å². The molecule has 0 aliphatic rings. The van der Waals surface area contributed by atoms with Gasteiger partial charge < -0.3 is 4.74 Å². The van der Waals surface area contributed by atoms with Crippen molar-refractivity contribution in [3.63, 3.8) is 0 Å². The van der Waals surface area contributed by atoms with Crippen molar-refractivity contribution in [3.8, 4) is 0 Å². The molecule has 0 aliphatic carbocycles. The summed E-state index contributed by atoms with van der Waals surface area (Å²) in [5.74, 6) is -0.662. The monoisotopic (exact) mass is 431 g/mol. The van der Waals surface area contributed by atoms with E-state index >= 15 is 0 Å². The molecular weight excluding hydrogens is 418 g/mol. The van der Waals surface area contributed by atoms with Crippen LogP contribution in [0.5, 0.6) is 0 Å². The van der Waals surface area contributed by atoms with Gasteiger partial charge in [0.2, 0.25) is 0 Å². The van der Waals surface area contributed by atoms with Crippen LogP contribution in [0.15, 0.2) is 51.8 Å². The summed E-state index contributed by atoms with van der Waals surface area (Å²) < 4.78 is 32.4. The number of hydrogen-bond acceptors (Lipinski definition) is 4. The topological polar surface area (TPSA) is 63.7 Å². The normalized spacial score (nSPS) is 11.2. The molecule has 0 aliphatic heterocycles. The lowest BCUT2D eigenvalue weighted by Crippen LogP contribution is -2.36. The highest BCUT2D eigenvalue weighted by Gasteiger charge is 2.28. The van der Waals surface area contributed by atoms with Crippen LogP contribution >= 0.6 is 27.5 Å². The van der Waals surface area contributed by atoms with E-state index in [0.717, 1.165) is 8.78 Å². The second-order valence-corrected chi connectivity index (χ2v) is 8.19. The summed E-state index contributed by atoms with van der Waals surface area (Å²) in [5.41, 5.74) is 1.000. The number of nitrogens with zero attached hydrogens (tertiary/aromatic N) is 1. The largest absolute Gasteiger partial charge is 0.468 e. The predicted octanol–water partition coefficient (Wildman–Crippen LogP) is 3.78. The molecule has 0 aromatic heterocycles. The maximum Gasteiger partial charge on any atom is 0.326 e. The minimum atomic E-state index is -3.94. The number of rotatable bonds is 5. The molecule has 2 aromatic rings. The molecule has 0 amide bonds. The highest BCUT2D eigenvalue weighted by atomic mass is 79.9. The van der Waals surface area contributed by atoms with Crippen LogP contribution < -0.4 is 4.31 Å². The van der Waals surface area contributed by atoms with E-state index in [2.05, 4.69) is 20.7 Å². The van der Waals surface area contributed by atoms with E-state index in [-0.39, 0.29) is 4.90 Å². The number of halogens is 2. The molecule has 0 saturated carbocycles. The van der Waals surface area contributed by atoms with Crippen molar-refractivity contribution in [2.75, 3.05) is 18.0 Å². The molecule has 2 rings (SSSR count). The summed E-state index contributed by atoms with van der Waals surface area (Å²) in [6.07, 6.45) is 0. The Bertz CT molecular complexity index is 853. The summed E-state index contributed by atoms with van der Waals surface area (Å²) in [4.78, 5) is 11.8. The summed E-state index contributed by atoms with van der Waals surface area (Å²) in [6.45, 7) is 1.29. The molecule has 0 atom stereocenters. The van der Waals surface area contributed by atoms with E-state index < -0.39 is 22.5 Å². The van der Waals surface area contributed by atoms with E-state index in [0.29, 0.717) is 16.3 Å². The summed E-state index contributed by atoms with van der Waals surface area (Å²) in [7, 11) is -2.73. The summed E-state index contributed by atoms with van der Waals surface area (Å²) in [6, 6.07) is 11.0. The molecule has 128 valence electrons. The minimum absolute atomic E-state index is 0.0731. The number of benzene rings is 2. The van der Waals surface area contributed by atoms with Crippen molar-refractivity contribution in [2.45, 2.75) is 11.8 Å². The maximum absolute atomic E-state index is 13.0. The third kappa shape index (κ3) is 4.09. The molecule has 0 N–H and O–H groups in total. The number of sulfonamides is 1. The molecule has 0 saturated heterocycles. The van der Waals surface area contributed by atoms with Crippen molar-refractivity contribution >= 4 is 49.2 Å². The van der Waals surface area contributed by atoms with Crippen molar-refractivity contribution in [1.29, 1.82) is 0 Å². The first-order valence-electron chi connectivity index (χ1n) is 6.87. The third-order valence-corrected chi connectivity index (χ3v) is 5.87.